The lowest BCUT2D eigenvalue weighted by atomic mass is 9.88. The second-order valence-corrected chi connectivity index (χ2v) is 23.1. The molecule has 0 N–H and O–H groups in total. The Morgan fingerprint density at radius 3 is 1.01 bits per heavy atom. The molecule has 8 aromatic rings. The van der Waals surface area contributed by atoms with Gasteiger partial charge in [0, 0.05) is 97.2 Å². The number of hydrogen-bond donors (Lipinski definition) is 0. The lowest BCUT2D eigenvalue weighted by Gasteiger charge is -2.18. The highest BCUT2D eigenvalue weighted by molar-refractivity contribution is 5.64. The van der Waals surface area contributed by atoms with Crippen LogP contribution in [0.4, 0.5) is 0 Å². The van der Waals surface area contributed by atoms with Crippen LogP contribution >= 0.6 is 0 Å². The van der Waals surface area contributed by atoms with Crippen LogP contribution in [0, 0.1) is 77.8 Å². The third kappa shape index (κ3) is 21.7. The zero-order chi connectivity index (χ0) is 75.0. The third-order valence-corrected chi connectivity index (χ3v) is 12.5. The molecule has 0 amide bonds. The number of aryl methyl sites for hydroxylation is 12. The standard InChI is InChI=1S/2C19H26N.2C18H24N.3CH4/c1-14-7-9-17(15(2)11-14)18-10-8-16(13-20(18)6)12-19(3,4)5;1-14-7-8-17(15(2)11-14)18-12-16(9-10-20(18)6)13-19(3,4)5;1-13(2)10-16-7-9-18(19(5)12-16)17-8-6-14(3)11-15(17)4;1-13(2)10-16-8-9-19(5)18(12-16)17-7-6-14(3)11-15(17)4;;;/h7-11,13H,12H2,1-6H3;7-12H,13H2,1-6H3;2*6-9,11-13H,10H2,1-5H3;3*1H4/q4*+1;;;/i1D3,12D2;1D3,13D2;2*3D3,10D2;;;. The molecule has 0 fully saturated rings. The predicted octanol–water partition coefficient (Wildman–Crippen LogP) is 18.7. The molecule has 4 heterocycles. The average molecular weight is 1110 g/mol. The number of benzene rings is 4. The summed E-state index contributed by atoms with van der Waals surface area (Å²) in [5.74, 6) is -0.263. The minimum atomic E-state index is -2.13. The molecule has 4 nitrogen and oxygen atoms in total. The van der Waals surface area contributed by atoms with Crippen LogP contribution in [-0.4, -0.2) is 0 Å². The van der Waals surface area contributed by atoms with Gasteiger partial charge in [0.25, 0.3) is 0 Å². The molecule has 0 atom stereocenters. The molecule has 0 aliphatic carbocycles. The van der Waals surface area contributed by atoms with Crippen molar-refractivity contribution in [1.29, 1.82) is 0 Å². The molecular formula is C77H112N4+4. The Labute approximate surface area is 525 Å². The van der Waals surface area contributed by atoms with E-state index in [9.17, 15) is 0 Å². The normalized spacial score (nSPS) is 16.0. The van der Waals surface area contributed by atoms with Crippen molar-refractivity contribution in [3.8, 4) is 45.0 Å². The molecule has 0 radical (unpaired) electrons. The third-order valence-electron chi connectivity index (χ3n) is 12.5. The summed E-state index contributed by atoms with van der Waals surface area (Å²) in [4.78, 5) is 0. The zero-order valence-corrected chi connectivity index (χ0v) is 49.8. The Hall–Kier alpha value is -6.52. The number of hydrogen-bond acceptors (Lipinski definition) is 0. The van der Waals surface area contributed by atoms with Crippen LogP contribution in [0.15, 0.2) is 146 Å². The smallest absolute Gasteiger partial charge is 0.201 e. The monoisotopic (exact) mass is 1110 g/mol. The second-order valence-electron chi connectivity index (χ2n) is 23.1. The second kappa shape index (κ2) is 31.1. The Bertz CT molecular complexity index is 4120. The van der Waals surface area contributed by atoms with Gasteiger partial charge in [-0.15, -0.1) is 0 Å². The molecule has 0 spiro atoms. The fourth-order valence-electron chi connectivity index (χ4n) is 9.11. The van der Waals surface area contributed by atoms with Gasteiger partial charge in [-0.05, 0) is 173 Å². The molecule has 4 aromatic carbocycles. The van der Waals surface area contributed by atoms with E-state index < -0.39 is 63.7 Å². The SMILES string of the molecule is C.C.C.[2H]C([2H])([2H])c1ccc(-c2cc(C([2H])([2H])C(C)(C)C)cc[n+]2C)c(C)c1.[2H]C([2H])([2H])c1ccc(-c2cc(C([2H])([2H])C(C)C)cc[n+]2C)c(C)c1.[2H]C([2H])([2H])c1ccc(-c2ccc(C([2H])([2H])C(C)(C)C)c[n+]2C)c(C)c1.[2H]C([2H])([2H])c1ccc(-c2ccc(C([2H])([2H])C(C)C)c[n+]2C)c(C)c1. The minimum absolute atomic E-state index is 0. The van der Waals surface area contributed by atoms with Crippen molar-refractivity contribution in [2.24, 2.45) is 50.9 Å². The summed E-state index contributed by atoms with van der Waals surface area (Å²) < 4.78 is 165. The van der Waals surface area contributed by atoms with Crippen molar-refractivity contribution in [3.05, 3.63) is 213 Å². The Kier molecular flexibility index (Phi) is 16.9. The van der Waals surface area contributed by atoms with Crippen molar-refractivity contribution in [3.63, 3.8) is 0 Å². The van der Waals surface area contributed by atoms with E-state index in [0.717, 1.165) is 67.3 Å². The molecule has 0 bridgehead atoms. The van der Waals surface area contributed by atoms with E-state index in [-0.39, 0.29) is 34.1 Å². The Balaban J connectivity index is 0.000000453. The molecule has 0 saturated carbocycles. The summed E-state index contributed by atoms with van der Waals surface area (Å²) in [6.07, 6.45) is 1.58. The maximum Gasteiger partial charge on any atom is 0.212 e. The highest BCUT2D eigenvalue weighted by Gasteiger charge is 2.20. The first-order chi connectivity index (χ1) is 44.4. The lowest BCUT2D eigenvalue weighted by Crippen LogP contribution is -2.32. The van der Waals surface area contributed by atoms with Crippen molar-refractivity contribution in [2.45, 2.75) is 172 Å². The van der Waals surface area contributed by atoms with Crippen LogP contribution in [0.1, 0.15) is 186 Å². The predicted molar refractivity (Wildman–Crippen MR) is 354 cm³/mol. The van der Waals surface area contributed by atoms with Gasteiger partial charge < -0.3 is 0 Å². The molecule has 4 heteroatoms. The van der Waals surface area contributed by atoms with Gasteiger partial charge in [-0.2, -0.15) is 0 Å². The van der Waals surface area contributed by atoms with Gasteiger partial charge in [-0.25, -0.2) is 18.3 Å². The molecule has 436 valence electrons. The van der Waals surface area contributed by atoms with Crippen LogP contribution in [0.25, 0.3) is 45.0 Å². The maximum atomic E-state index is 8.50. The van der Waals surface area contributed by atoms with Gasteiger partial charge in [-0.3, -0.25) is 0 Å². The molecule has 81 heavy (non-hydrogen) atoms. The highest BCUT2D eigenvalue weighted by atomic mass is 14.9. The zero-order valence-electron chi connectivity index (χ0n) is 69.8. The highest BCUT2D eigenvalue weighted by Crippen LogP contribution is 2.28. The minimum Gasteiger partial charge on any atom is -0.201 e. The number of rotatable bonds is 10. The van der Waals surface area contributed by atoms with E-state index in [0.29, 0.717) is 44.5 Å². The summed E-state index contributed by atoms with van der Waals surface area (Å²) in [6, 6.07) is 35.3. The summed E-state index contributed by atoms with van der Waals surface area (Å²) in [7, 11) is 7.57. The van der Waals surface area contributed by atoms with Gasteiger partial charge in [0.05, 0.1) is 0 Å². The molecule has 4 aromatic heterocycles. The molecule has 0 saturated heterocycles. The van der Waals surface area contributed by atoms with Crippen molar-refractivity contribution in [2.75, 3.05) is 0 Å². The summed E-state index contributed by atoms with van der Waals surface area (Å²) in [6.45, 7) is 17.9. The average Bonchev–Trinajstić information content (AvgIpc) is 0.791. The van der Waals surface area contributed by atoms with E-state index in [1.54, 1.807) is 66.7 Å². The van der Waals surface area contributed by atoms with E-state index in [2.05, 4.69) is 0 Å². The Morgan fingerprint density at radius 1 is 0.370 bits per heavy atom. The van der Waals surface area contributed by atoms with Gasteiger partial charge in [0.15, 0.2) is 24.8 Å². The molecule has 8 rings (SSSR count). The topological polar surface area (TPSA) is 15.5 Å². The van der Waals surface area contributed by atoms with Gasteiger partial charge in [0.2, 0.25) is 22.8 Å². The van der Waals surface area contributed by atoms with E-state index in [1.807, 2.05) is 223 Å². The molecule has 0 unspecified atom stereocenters. The lowest BCUT2D eigenvalue weighted by molar-refractivity contribution is -0.661. The number of pyridine rings is 4. The van der Waals surface area contributed by atoms with Gasteiger partial charge in [0.1, 0.15) is 28.2 Å². The molecule has 0 aliphatic rings. The van der Waals surface area contributed by atoms with Crippen molar-refractivity contribution < 1.29 is 45.7 Å². The quantitative estimate of drug-likeness (QED) is 0.121. The van der Waals surface area contributed by atoms with E-state index in [4.69, 9.17) is 27.4 Å². The fourth-order valence-corrected chi connectivity index (χ4v) is 9.11. The maximum absolute atomic E-state index is 8.50. The number of nitrogens with zero attached hydrogens (tertiary/aromatic N) is 4. The first-order valence-corrected chi connectivity index (χ1v) is 26.9. The fraction of sp³-hybridized carbons (Fsp3) is 0.429. The first-order valence-electron chi connectivity index (χ1n) is 36.9. The van der Waals surface area contributed by atoms with Crippen LogP contribution in [-0.2, 0) is 53.7 Å². The summed E-state index contributed by atoms with van der Waals surface area (Å²) >= 11 is 0. The largest absolute Gasteiger partial charge is 0.212 e. The van der Waals surface area contributed by atoms with Crippen LogP contribution in [0.3, 0.4) is 0 Å². The number of aromatic nitrogens is 4. The first kappa shape index (κ1) is 44.1. The molecule has 0 aliphatic heterocycles. The van der Waals surface area contributed by atoms with Crippen LogP contribution < -0.4 is 18.3 Å². The van der Waals surface area contributed by atoms with E-state index in [1.165, 1.54) is 0 Å². The van der Waals surface area contributed by atoms with Gasteiger partial charge in [-0.1, -0.05) is 162 Å². The van der Waals surface area contributed by atoms with E-state index >= 15 is 0 Å². The molecular weight excluding hydrogens is 981 g/mol. The van der Waals surface area contributed by atoms with Crippen molar-refractivity contribution >= 4 is 0 Å². The van der Waals surface area contributed by atoms with Crippen LogP contribution in [0.2, 0.25) is 0 Å². The summed E-state index contributed by atoms with van der Waals surface area (Å²) in [5.41, 5.74) is 13.5. The summed E-state index contributed by atoms with van der Waals surface area (Å²) in [5, 5.41) is 0. The van der Waals surface area contributed by atoms with Gasteiger partial charge >= 0.3 is 0 Å². The van der Waals surface area contributed by atoms with Crippen molar-refractivity contribution in [1.82, 2.24) is 0 Å². The Morgan fingerprint density at radius 2 is 0.679 bits per heavy atom. The van der Waals surface area contributed by atoms with Crippen LogP contribution in [0.5, 0.6) is 0 Å².